The van der Waals surface area contributed by atoms with E-state index in [0.717, 1.165) is 38.8 Å². The van der Waals surface area contributed by atoms with Crippen LogP contribution in [0.25, 0.3) is 0 Å². The summed E-state index contributed by atoms with van der Waals surface area (Å²) < 4.78 is 0. The Labute approximate surface area is 363 Å². The molecule has 0 atom stereocenters. The van der Waals surface area contributed by atoms with Gasteiger partial charge in [0.15, 0.2) is 0 Å². The largest absolute Gasteiger partial charge is 3.00 e. The van der Waals surface area contributed by atoms with Crippen LogP contribution >= 0.6 is 0 Å². The van der Waals surface area contributed by atoms with E-state index in [0.29, 0.717) is 51.9 Å². The van der Waals surface area contributed by atoms with Crippen LogP contribution in [-0.2, 0) is 19.2 Å². The number of unbranched alkanes of at least 4 members (excludes halogenated alkanes) is 14. The number of carbonyl (C=O) groups is 4. The maximum absolute atomic E-state index is 14.0. The Bertz CT molecular complexity index is 911. The summed E-state index contributed by atoms with van der Waals surface area (Å²) in [4.78, 5) is 56.8. The average Bonchev–Trinajstić information content (AvgIpc) is 3.25. The van der Waals surface area contributed by atoms with Crippen molar-refractivity contribution in [2.24, 2.45) is 5.92 Å². The Morgan fingerprint density at radius 2 is 0.961 bits per heavy atom. The number of nitrogens with zero attached hydrogens (tertiary/aromatic N) is 4. The zero-order valence-corrected chi connectivity index (χ0v) is 36.6. The van der Waals surface area contributed by atoms with Gasteiger partial charge in [-0.1, -0.05) is 104 Å². The molecule has 13 heteroatoms. The molecule has 51 heavy (non-hydrogen) atoms. The predicted molar refractivity (Wildman–Crippen MR) is 194 cm³/mol. The minimum absolute atomic E-state index is 0. The molecule has 1 saturated heterocycles. The number of hydrogen-bond donors (Lipinski definition) is 3. The molecule has 2 rings (SSSR count). The molecule has 0 aromatic carbocycles. The first-order valence-electron chi connectivity index (χ1n) is 19.8. The standard InChI is InChI=1S/C38H70N4O7.Gd.Na/c1-3-5-7-9-11-13-15-17-23-41(24-18-16-14-12-10-8-6-4-2)38(49)32-19-21-33(22-20-32)42(31-37(47)48)34-27-39(29-35(43)44)25-26-40(28-34)30-36(45)46;;/h32-34H,3-31H2,1-2H3,(H,43,44)(H,45,46)(H,47,48);;/q;+3;+1. The zero-order chi connectivity index (χ0) is 35.9. The Morgan fingerprint density at radius 3 is 1.33 bits per heavy atom. The second kappa shape index (κ2) is 31.3. The molecule has 0 aromatic rings. The van der Waals surface area contributed by atoms with E-state index in [9.17, 15) is 34.5 Å². The molecule has 289 valence electrons. The number of rotatable bonds is 27. The molecule has 1 amide bonds. The molecular weight excluding hydrogens is 805 g/mol. The van der Waals surface area contributed by atoms with E-state index in [-0.39, 0.29) is 113 Å². The van der Waals surface area contributed by atoms with E-state index >= 15 is 0 Å². The number of carboxylic acids is 3. The van der Waals surface area contributed by atoms with Crippen LogP contribution in [0.3, 0.4) is 0 Å². The fourth-order valence-electron chi connectivity index (χ4n) is 7.83. The fourth-order valence-corrected chi connectivity index (χ4v) is 7.83. The SMILES string of the molecule is CCCCCCCCCCN(CCCCCCCCCC)C(=O)C1CCC(N(CC(=O)O)C2CN(CC(=O)O)CCN(CC(=O)O)C2)CC1.[Gd+3].[Na+]. The second-order valence-electron chi connectivity index (χ2n) is 14.8. The van der Waals surface area contributed by atoms with Crippen molar-refractivity contribution in [3.8, 4) is 0 Å². The van der Waals surface area contributed by atoms with E-state index < -0.39 is 17.9 Å². The molecule has 2 fully saturated rings. The van der Waals surface area contributed by atoms with Crippen LogP contribution in [0.15, 0.2) is 0 Å². The van der Waals surface area contributed by atoms with Gasteiger partial charge in [0.1, 0.15) is 0 Å². The minimum atomic E-state index is -0.960. The molecule has 0 bridgehead atoms. The summed E-state index contributed by atoms with van der Waals surface area (Å²) in [6, 6.07) is -0.384. The summed E-state index contributed by atoms with van der Waals surface area (Å²) in [6.45, 7) is 7.11. The molecule has 0 unspecified atom stereocenters. The molecule has 0 aromatic heterocycles. The van der Waals surface area contributed by atoms with Crippen LogP contribution in [0.2, 0.25) is 0 Å². The molecular formula is C38H70GdN4NaO7+4. The summed E-state index contributed by atoms with van der Waals surface area (Å²) in [5, 5.41) is 28.8. The summed E-state index contributed by atoms with van der Waals surface area (Å²) in [5.41, 5.74) is 0. The van der Waals surface area contributed by atoms with Crippen molar-refractivity contribution in [1.29, 1.82) is 0 Å². The number of carbonyl (C=O) groups excluding carboxylic acids is 1. The van der Waals surface area contributed by atoms with Crippen molar-refractivity contribution in [1.82, 2.24) is 19.6 Å². The van der Waals surface area contributed by atoms with Gasteiger partial charge in [0.2, 0.25) is 5.91 Å². The molecule has 1 saturated carbocycles. The monoisotopic (exact) mass is 875 g/mol. The van der Waals surface area contributed by atoms with E-state index in [1.165, 1.54) is 77.0 Å². The summed E-state index contributed by atoms with van der Waals surface area (Å²) in [6.07, 6.45) is 22.5. The summed E-state index contributed by atoms with van der Waals surface area (Å²) >= 11 is 0. The number of aliphatic carboxylic acids is 3. The minimum Gasteiger partial charge on any atom is -0.480 e. The topological polar surface area (TPSA) is 142 Å². The Balaban J connectivity index is 0.0000125. The number of hydrogen-bond acceptors (Lipinski definition) is 7. The predicted octanol–water partition coefficient (Wildman–Crippen LogP) is 3.20. The van der Waals surface area contributed by atoms with Gasteiger partial charge in [-0.05, 0) is 38.5 Å². The van der Waals surface area contributed by atoms with E-state index in [1.54, 1.807) is 9.80 Å². The van der Waals surface area contributed by atoms with Crippen LogP contribution in [0, 0.1) is 45.9 Å². The van der Waals surface area contributed by atoms with Gasteiger partial charge in [0, 0.05) is 57.3 Å². The van der Waals surface area contributed by atoms with Gasteiger partial charge in [-0.3, -0.25) is 33.9 Å². The average molecular weight is 875 g/mol. The van der Waals surface area contributed by atoms with E-state index in [4.69, 9.17) is 0 Å². The molecule has 11 nitrogen and oxygen atoms in total. The number of carboxylic acid groups (broad SMARTS) is 3. The van der Waals surface area contributed by atoms with Crippen LogP contribution in [0.4, 0.5) is 0 Å². The zero-order valence-electron chi connectivity index (χ0n) is 32.4. The maximum atomic E-state index is 14.0. The molecule has 3 N–H and O–H groups in total. The van der Waals surface area contributed by atoms with Gasteiger partial charge >= 0.3 is 87.4 Å². The fraction of sp³-hybridized carbons (Fsp3) is 0.895. The van der Waals surface area contributed by atoms with Gasteiger partial charge in [-0.25, -0.2) is 0 Å². The van der Waals surface area contributed by atoms with Gasteiger partial charge in [0.25, 0.3) is 0 Å². The van der Waals surface area contributed by atoms with Crippen LogP contribution in [0.1, 0.15) is 142 Å². The first-order chi connectivity index (χ1) is 23.6. The third-order valence-corrected chi connectivity index (χ3v) is 10.6. The Hall–Kier alpha value is 0.0847. The smallest absolute Gasteiger partial charge is 0.480 e. The van der Waals surface area contributed by atoms with Crippen molar-refractivity contribution in [3.05, 3.63) is 0 Å². The van der Waals surface area contributed by atoms with Crippen molar-refractivity contribution < 1.29 is 104 Å². The molecule has 1 aliphatic carbocycles. The molecule has 1 heterocycles. The maximum Gasteiger partial charge on any atom is 3.00 e. The van der Waals surface area contributed by atoms with E-state index in [1.807, 2.05) is 4.90 Å². The van der Waals surface area contributed by atoms with Gasteiger partial charge < -0.3 is 20.2 Å². The molecule has 2 aliphatic rings. The second-order valence-corrected chi connectivity index (χ2v) is 14.8. The van der Waals surface area contributed by atoms with Crippen molar-refractivity contribution in [2.75, 3.05) is 58.9 Å². The van der Waals surface area contributed by atoms with Crippen LogP contribution in [0.5, 0.6) is 0 Å². The summed E-state index contributed by atoms with van der Waals surface area (Å²) in [5.74, 6) is -2.69. The van der Waals surface area contributed by atoms with Gasteiger partial charge in [-0.2, -0.15) is 0 Å². The van der Waals surface area contributed by atoms with Gasteiger partial charge in [-0.15, -0.1) is 0 Å². The first-order valence-corrected chi connectivity index (χ1v) is 19.8. The van der Waals surface area contributed by atoms with E-state index in [2.05, 4.69) is 18.7 Å². The van der Waals surface area contributed by atoms with Crippen LogP contribution in [-0.4, -0.2) is 130 Å². The van der Waals surface area contributed by atoms with Crippen molar-refractivity contribution in [3.63, 3.8) is 0 Å². The Kier molecular flexibility index (Phi) is 31.4. The van der Waals surface area contributed by atoms with Crippen LogP contribution < -0.4 is 29.6 Å². The molecule has 1 radical (unpaired) electrons. The third-order valence-electron chi connectivity index (χ3n) is 10.6. The normalized spacial score (nSPS) is 18.8. The number of amides is 1. The third kappa shape index (κ3) is 22.9. The van der Waals surface area contributed by atoms with Crippen molar-refractivity contribution >= 4 is 23.8 Å². The molecule has 0 spiro atoms. The van der Waals surface area contributed by atoms with Crippen molar-refractivity contribution in [2.45, 2.75) is 154 Å². The summed E-state index contributed by atoms with van der Waals surface area (Å²) in [7, 11) is 0. The van der Waals surface area contributed by atoms with Gasteiger partial charge in [0.05, 0.1) is 19.6 Å². The Morgan fingerprint density at radius 1 is 0.569 bits per heavy atom. The first kappa shape index (κ1) is 51.1. The molecule has 1 aliphatic heterocycles. The quantitative estimate of drug-likeness (QED) is 0.0833.